The van der Waals surface area contributed by atoms with E-state index in [0.29, 0.717) is 18.8 Å². The number of benzene rings is 1. The molecule has 0 fully saturated rings. The third-order valence-corrected chi connectivity index (χ3v) is 6.18. The Balaban J connectivity index is 1.36. The number of anilines is 1. The van der Waals surface area contributed by atoms with E-state index in [0.717, 1.165) is 59.3 Å². The lowest BCUT2D eigenvalue weighted by molar-refractivity contribution is 0.290. The first-order valence-electron chi connectivity index (χ1n) is 11.5. The van der Waals surface area contributed by atoms with Crippen molar-refractivity contribution in [2.45, 2.75) is 25.7 Å². The molecule has 3 heterocycles. The highest BCUT2D eigenvalue weighted by molar-refractivity contribution is 5.94. The van der Waals surface area contributed by atoms with E-state index in [-0.39, 0.29) is 11.6 Å². The fourth-order valence-electron chi connectivity index (χ4n) is 4.37. The van der Waals surface area contributed by atoms with Crippen LogP contribution in [0.2, 0.25) is 0 Å². The van der Waals surface area contributed by atoms with Gasteiger partial charge in [-0.25, -0.2) is 0 Å². The number of hydrogen-bond donors (Lipinski definition) is 1. The molecule has 1 N–H and O–H groups in total. The molecule has 0 amide bonds. The Kier molecular flexibility index (Phi) is 6.12. The van der Waals surface area contributed by atoms with Crippen LogP contribution in [0.3, 0.4) is 0 Å². The molecule has 0 bridgehead atoms. The first kappa shape index (κ1) is 21.9. The lowest BCUT2D eigenvalue weighted by Crippen LogP contribution is -2.22. The summed E-state index contributed by atoms with van der Waals surface area (Å²) < 4.78 is 12.7. The number of hydrogen-bond acceptors (Lipinski definition) is 7. The molecule has 4 aromatic rings. The van der Waals surface area contributed by atoms with Gasteiger partial charge in [-0.05, 0) is 55.5 Å². The normalized spacial score (nSPS) is 12.9. The topological polar surface area (TPSA) is 91.2 Å². The first-order chi connectivity index (χ1) is 16.6. The van der Waals surface area contributed by atoms with Gasteiger partial charge in [-0.1, -0.05) is 0 Å². The number of rotatable bonds is 7. The van der Waals surface area contributed by atoms with Crippen molar-refractivity contribution in [3.8, 4) is 23.0 Å². The second-order valence-electron chi connectivity index (χ2n) is 8.33. The molecule has 1 aromatic carbocycles. The fourth-order valence-corrected chi connectivity index (χ4v) is 4.37. The third-order valence-electron chi connectivity index (χ3n) is 6.18. The van der Waals surface area contributed by atoms with Crippen LogP contribution in [0.1, 0.15) is 24.1 Å². The summed E-state index contributed by atoms with van der Waals surface area (Å²) in [6.45, 7) is 0.918. The molecule has 0 atom stereocenters. The van der Waals surface area contributed by atoms with Crippen LogP contribution in [0.25, 0.3) is 22.2 Å². The summed E-state index contributed by atoms with van der Waals surface area (Å²) in [5.74, 6) is 0.797. The predicted octanol–water partition coefficient (Wildman–Crippen LogP) is 3.77. The van der Waals surface area contributed by atoms with Crippen LogP contribution in [0.5, 0.6) is 11.8 Å². The minimum absolute atomic E-state index is 0.173. The molecule has 34 heavy (non-hydrogen) atoms. The Morgan fingerprint density at radius 3 is 2.71 bits per heavy atom. The summed E-state index contributed by atoms with van der Waals surface area (Å²) in [5, 5.41) is 4.65. The average Bonchev–Trinajstić information content (AvgIpc) is 2.88. The smallest absolute Gasteiger partial charge is 0.299 e. The van der Waals surface area contributed by atoms with Crippen molar-refractivity contribution >= 4 is 16.6 Å². The van der Waals surface area contributed by atoms with Crippen molar-refractivity contribution < 1.29 is 9.47 Å². The molecule has 0 saturated carbocycles. The van der Waals surface area contributed by atoms with Crippen LogP contribution in [0, 0.1) is 0 Å². The number of pyridine rings is 2. The number of fused-ring (bicyclic) bond motifs is 2. The molecule has 0 saturated heterocycles. The van der Waals surface area contributed by atoms with Crippen LogP contribution in [0.4, 0.5) is 5.69 Å². The minimum Gasteiger partial charge on any atom is -0.497 e. The highest BCUT2D eigenvalue weighted by Gasteiger charge is 2.18. The quantitative estimate of drug-likeness (QED) is 0.423. The zero-order valence-electron chi connectivity index (χ0n) is 19.4. The standard InChI is InChI=1S/C26H27N5O3/c1-31-24(32)16-22(17-9-11-27-12-10-17)30-26(31)34-14-13-28-25-19-5-3-4-6-21(19)29-23-15-18(33-2)7-8-20(23)25/h7-12,15-16H,3-6,13-14H2,1-2H3,(H,28,29). The Hall–Kier alpha value is -3.94. The van der Waals surface area contributed by atoms with Crippen molar-refractivity contribution in [1.29, 1.82) is 0 Å². The summed E-state index contributed by atoms with van der Waals surface area (Å²) in [6.07, 6.45) is 7.67. The molecule has 3 aromatic heterocycles. The number of methoxy groups -OCH3 is 1. The van der Waals surface area contributed by atoms with Gasteiger partial charge < -0.3 is 14.8 Å². The highest BCUT2D eigenvalue weighted by Crippen LogP contribution is 2.34. The van der Waals surface area contributed by atoms with Gasteiger partial charge >= 0.3 is 0 Å². The summed E-state index contributed by atoms with van der Waals surface area (Å²) in [7, 11) is 3.33. The Morgan fingerprint density at radius 2 is 1.88 bits per heavy atom. The van der Waals surface area contributed by atoms with Crippen molar-refractivity contribution in [2.24, 2.45) is 7.05 Å². The molecule has 0 spiro atoms. The van der Waals surface area contributed by atoms with Gasteiger partial charge in [0, 0.05) is 60.4 Å². The van der Waals surface area contributed by atoms with Gasteiger partial charge in [0.2, 0.25) is 0 Å². The van der Waals surface area contributed by atoms with Crippen molar-refractivity contribution in [1.82, 2.24) is 19.5 Å². The van der Waals surface area contributed by atoms with E-state index < -0.39 is 0 Å². The van der Waals surface area contributed by atoms with E-state index in [1.807, 2.05) is 24.3 Å². The van der Waals surface area contributed by atoms with E-state index in [9.17, 15) is 4.79 Å². The van der Waals surface area contributed by atoms with E-state index >= 15 is 0 Å². The van der Waals surface area contributed by atoms with Gasteiger partial charge in [-0.3, -0.25) is 19.3 Å². The Bertz CT molecular complexity index is 1390. The van der Waals surface area contributed by atoms with E-state index in [1.165, 1.54) is 16.2 Å². The second-order valence-corrected chi connectivity index (χ2v) is 8.33. The maximum atomic E-state index is 12.4. The molecule has 0 unspecified atom stereocenters. The molecule has 0 aliphatic heterocycles. The fraction of sp³-hybridized carbons (Fsp3) is 0.308. The van der Waals surface area contributed by atoms with Gasteiger partial charge in [0.25, 0.3) is 11.6 Å². The molecule has 174 valence electrons. The van der Waals surface area contributed by atoms with Gasteiger partial charge in [0.15, 0.2) is 0 Å². The predicted molar refractivity (Wildman–Crippen MR) is 132 cm³/mol. The Morgan fingerprint density at radius 1 is 1.06 bits per heavy atom. The summed E-state index contributed by atoms with van der Waals surface area (Å²) in [6, 6.07) is 11.4. The van der Waals surface area contributed by atoms with Crippen molar-refractivity contribution in [2.75, 3.05) is 25.6 Å². The summed E-state index contributed by atoms with van der Waals surface area (Å²) in [4.78, 5) is 25.9. The molecule has 8 heteroatoms. The minimum atomic E-state index is -0.173. The average molecular weight is 458 g/mol. The molecule has 1 aliphatic rings. The lowest BCUT2D eigenvalue weighted by Gasteiger charge is -2.22. The number of aryl methyl sites for hydroxylation is 1. The van der Waals surface area contributed by atoms with Crippen molar-refractivity contribution in [3.05, 3.63) is 70.4 Å². The van der Waals surface area contributed by atoms with Crippen molar-refractivity contribution in [3.63, 3.8) is 0 Å². The van der Waals surface area contributed by atoms with Gasteiger partial charge in [0.05, 0.1) is 18.3 Å². The zero-order valence-corrected chi connectivity index (χ0v) is 19.4. The SMILES string of the molecule is COc1ccc2c(NCCOc3nc(-c4ccncc4)cc(=O)n3C)c3c(nc2c1)CCCC3. The summed E-state index contributed by atoms with van der Waals surface area (Å²) >= 11 is 0. The monoisotopic (exact) mass is 457 g/mol. The summed E-state index contributed by atoms with van der Waals surface area (Å²) in [5.41, 5.74) is 5.69. The first-order valence-corrected chi connectivity index (χ1v) is 11.5. The lowest BCUT2D eigenvalue weighted by atomic mass is 9.92. The van der Waals surface area contributed by atoms with Gasteiger partial charge in [-0.15, -0.1) is 0 Å². The Labute approximate surface area is 197 Å². The number of nitrogens with zero attached hydrogens (tertiary/aromatic N) is 4. The molecule has 0 radical (unpaired) electrons. The molecule has 5 rings (SSSR count). The highest BCUT2D eigenvalue weighted by atomic mass is 16.5. The van der Waals surface area contributed by atoms with E-state index in [1.54, 1.807) is 26.6 Å². The van der Waals surface area contributed by atoms with Crippen LogP contribution in [0.15, 0.2) is 53.6 Å². The molecule has 8 nitrogen and oxygen atoms in total. The van der Waals surface area contributed by atoms with Crippen LogP contribution in [-0.2, 0) is 19.9 Å². The number of aromatic nitrogens is 4. The largest absolute Gasteiger partial charge is 0.497 e. The third kappa shape index (κ3) is 4.31. The molecular weight excluding hydrogens is 430 g/mol. The number of ether oxygens (including phenoxy) is 2. The molecular formula is C26H27N5O3. The van der Waals surface area contributed by atoms with Gasteiger partial charge in [-0.2, -0.15) is 4.98 Å². The maximum absolute atomic E-state index is 12.4. The zero-order chi connectivity index (χ0) is 23.5. The van der Waals surface area contributed by atoms with Crippen LogP contribution in [-0.4, -0.2) is 39.8 Å². The van der Waals surface area contributed by atoms with Crippen LogP contribution >= 0.6 is 0 Å². The molecule has 1 aliphatic carbocycles. The maximum Gasteiger partial charge on any atom is 0.299 e. The van der Waals surface area contributed by atoms with Gasteiger partial charge in [0.1, 0.15) is 12.4 Å². The number of nitrogens with one attached hydrogen (secondary N) is 1. The van der Waals surface area contributed by atoms with Crippen LogP contribution < -0.4 is 20.3 Å². The van der Waals surface area contributed by atoms with E-state index in [2.05, 4.69) is 21.4 Å². The van der Waals surface area contributed by atoms with E-state index in [4.69, 9.17) is 14.5 Å². The second kappa shape index (κ2) is 9.51.